The van der Waals surface area contributed by atoms with Gasteiger partial charge in [-0.05, 0) is 65.9 Å². The number of nitrogens with zero attached hydrogens (tertiary/aromatic N) is 1. The van der Waals surface area contributed by atoms with Gasteiger partial charge in [-0.3, -0.25) is 9.89 Å². The summed E-state index contributed by atoms with van der Waals surface area (Å²) in [6.45, 7) is 2.02. The van der Waals surface area contributed by atoms with Crippen LogP contribution < -0.4 is 5.32 Å². The summed E-state index contributed by atoms with van der Waals surface area (Å²) in [5.41, 5.74) is 3.47. The third-order valence-electron chi connectivity index (χ3n) is 3.68. The van der Waals surface area contributed by atoms with Crippen LogP contribution in [0.1, 0.15) is 29.1 Å². The van der Waals surface area contributed by atoms with Crippen LogP contribution >= 0.6 is 15.9 Å². The second-order valence-corrected chi connectivity index (χ2v) is 5.98. The maximum Gasteiger partial charge on any atom is 0.244 e. The van der Waals surface area contributed by atoms with E-state index >= 15 is 0 Å². The normalized spacial score (nSPS) is 17.9. The van der Waals surface area contributed by atoms with Crippen LogP contribution in [-0.4, -0.2) is 22.1 Å². The number of H-pyrrole nitrogens is 1. The molecule has 2 heterocycles. The molecule has 0 radical (unpaired) electrons. The van der Waals surface area contributed by atoms with E-state index in [-0.39, 0.29) is 11.9 Å². The van der Waals surface area contributed by atoms with Gasteiger partial charge in [0, 0.05) is 17.8 Å². The number of nitrogens with one attached hydrogen (secondary N) is 2. The van der Waals surface area contributed by atoms with E-state index in [9.17, 15) is 4.79 Å². The van der Waals surface area contributed by atoms with Crippen molar-refractivity contribution in [3.05, 3.63) is 45.6 Å². The fourth-order valence-corrected chi connectivity index (χ4v) is 2.91. The SMILES string of the molecule is Cc1[nH]nc2c1CC(NC(=O)/C=C/c1ccc(Br)o1)CC2. The molecule has 0 aromatic carbocycles. The van der Waals surface area contributed by atoms with E-state index in [1.165, 1.54) is 11.6 Å². The highest BCUT2D eigenvalue weighted by atomic mass is 79.9. The van der Waals surface area contributed by atoms with Crippen LogP contribution in [0.2, 0.25) is 0 Å². The van der Waals surface area contributed by atoms with Gasteiger partial charge in [0.1, 0.15) is 5.76 Å². The number of hydrogen-bond acceptors (Lipinski definition) is 3. The smallest absolute Gasteiger partial charge is 0.244 e. The number of carbonyl (C=O) groups is 1. The standard InChI is InChI=1S/C15H16BrN3O2/c1-9-12-8-10(2-5-13(12)19-18-9)17-15(20)7-4-11-3-6-14(16)21-11/h3-4,6-7,10H,2,5,8H2,1H3,(H,17,20)(H,18,19)/b7-4+. The lowest BCUT2D eigenvalue weighted by molar-refractivity contribution is -0.117. The number of carbonyl (C=O) groups excluding carboxylic acids is 1. The first-order valence-electron chi connectivity index (χ1n) is 6.88. The zero-order valence-electron chi connectivity index (χ0n) is 11.6. The number of rotatable bonds is 3. The Morgan fingerprint density at radius 2 is 2.43 bits per heavy atom. The first-order valence-corrected chi connectivity index (χ1v) is 7.68. The minimum atomic E-state index is -0.0999. The van der Waals surface area contributed by atoms with Crippen LogP contribution in [-0.2, 0) is 17.6 Å². The third-order valence-corrected chi connectivity index (χ3v) is 4.11. The number of amides is 1. The number of fused-ring (bicyclic) bond motifs is 1. The highest BCUT2D eigenvalue weighted by Crippen LogP contribution is 2.22. The predicted molar refractivity (Wildman–Crippen MR) is 82.7 cm³/mol. The first-order chi connectivity index (χ1) is 10.1. The van der Waals surface area contributed by atoms with Crippen LogP contribution in [0.5, 0.6) is 0 Å². The quantitative estimate of drug-likeness (QED) is 0.837. The Hall–Kier alpha value is -1.82. The molecular weight excluding hydrogens is 334 g/mol. The number of halogens is 1. The van der Waals surface area contributed by atoms with Crippen LogP contribution in [0.3, 0.4) is 0 Å². The molecule has 0 saturated carbocycles. The van der Waals surface area contributed by atoms with Crippen LogP contribution in [0.15, 0.2) is 27.3 Å². The number of aromatic amines is 1. The van der Waals surface area contributed by atoms with E-state index in [0.29, 0.717) is 10.4 Å². The fourth-order valence-electron chi connectivity index (χ4n) is 2.59. The summed E-state index contributed by atoms with van der Waals surface area (Å²) in [4.78, 5) is 12.0. The number of aromatic nitrogens is 2. The van der Waals surface area contributed by atoms with Gasteiger partial charge >= 0.3 is 0 Å². The molecule has 0 spiro atoms. The van der Waals surface area contributed by atoms with Gasteiger partial charge in [-0.2, -0.15) is 5.10 Å². The summed E-state index contributed by atoms with van der Waals surface area (Å²) in [5.74, 6) is 0.547. The molecule has 1 atom stereocenters. The van der Waals surface area contributed by atoms with Gasteiger partial charge in [0.2, 0.25) is 5.91 Å². The fraction of sp³-hybridized carbons (Fsp3) is 0.333. The van der Waals surface area contributed by atoms with Crippen LogP contribution in [0.25, 0.3) is 6.08 Å². The summed E-state index contributed by atoms with van der Waals surface area (Å²) >= 11 is 3.23. The van der Waals surface area contributed by atoms with Gasteiger partial charge in [-0.1, -0.05) is 0 Å². The molecule has 3 rings (SSSR count). The van der Waals surface area contributed by atoms with Crippen molar-refractivity contribution < 1.29 is 9.21 Å². The monoisotopic (exact) mass is 349 g/mol. The number of hydrogen-bond donors (Lipinski definition) is 2. The van der Waals surface area contributed by atoms with E-state index in [1.54, 1.807) is 18.2 Å². The molecule has 21 heavy (non-hydrogen) atoms. The second kappa shape index (κ2) is 5.89. The van der Waals surface area contributed by atoms with Crippen molar-refractivity contribution in [2.24, 2.45) is 0 Å². The Bertz CT molecular complexity index is 687. The van der Waals surface area contributed by atoms with E-state index in [0.717, 1.165) is 30.7 Å². The van der Waals surface area contributed by atoms with Gasteiger partial charge < -0.3 is 9.73 Å². The molecule has 0 aliphatic heterocycles. The van der Waals surface area contributed by atoms with Crippen molar-refractivity contribution in [1.82, 2.24) is 15.5 Å². The van der Waals surface area contributed by atoms with Gasteiger partial charge in [0.25, 0.3) is 0 Å². The van der Waals surface area contributed by atoms with Crippen molar-refractivity contribution in [3.63, 3.8) is 0 Å². The number of aryl methyl sites for hydroxylation is 2. The Kier molecular flexibility index (Phi) is 3.96. The third kappa shape index (κ3) is 3.26. The molecule has 0 saturated heterocycles. The lowest BCUT2D eigenvalue weighted by Gasteiger charge is -2.22. The molecule has 0 bridgehead atoms. The van der Waals surface area contributed by atoms with Crippen LogP contribution in [0, 0.1) is 6.92 Å². The largest absolute Gasteiger partial charge is 0.450 e. The van der Waals surface area contributed by atoms with Gasteiger partial charge in [0.05, 0.1) is 5.69 Å². The maximum absolute atomic E-state index is 12.0. The Morgan fingerprint density at radius 3 is 3.19 bits per heavy atom. The predicted octanol–water partition coefficient (Wildman–Crippen LogP) is 2.76. The Morgan fingerprint density at radius 1 is 1.57 bits per heavy atom. The van der Waals surface area contributed by atoms with E-state index in [2.05, 4.69) is 31.4 Å². The molecule has 1 aliphatic carbocycles. The van der Waals surface area contributed by atoms with Crippen molar-refractivity contribution in [1.29, 1.82) is 0 Å². The van der Waals surface area contributed by atoms with Crippen LogP contribution in [0.4, 0.5) is 0 Å². The minimum Gasteiger partial charge on any atom is -0.450 e. The molecule has 6 heteroatoms. The average Bonchev–Trinajstić information content (AvgIpc) is 3.04. The number of furan rings is 1. The summed E-state index contributed by atoms with van der Waals surface area (Å²) < 4.78 is 5.96. The molecule has 1 amide bonds. The molecule has 2 aromatic heterocycles. The maximum atomic E-state index is 12.0. The first kappa shape index (κ1) is 14.1. The summed E-state index contributed by atoms with van der Waals surface area (Å²) in [6.07, 6.45) is 5.83. The van der Waals surface area contributed by atoms with E-state index in [4.69, 9.17) is 4.42 Å². The second-order valence-electron chi connectivity index (χ2n) is 5.20. The van der Waals surface area contributed by atoms with Gasteiger partial charge in [0.15, 0.2) is 4.67 Å². The summed E-state index contributed by atoms with van der Waals surface area (Å²) in [5, 5.41) is 10.3. The molecular formula is C15H16BrN3O2. The zero-order valence-corrected chi connectivity index (χ0v) is 13.2. The topological polar surface area (TPSA) is 70.9 Å². The van der Waals surface area contributed by atoms with Crippen molar-refractivity contribution in [3.8, 4) is 0 Å². The highest BCUT2D eigenvalue weighted by molar-refractivity contribution is 9.10. The molecule has 2 aromatic rings. The Balaban J connectivity index is 1.59. The highest BCUT2D eigenvalue weighted by Gasteiger charge is 2.23. The molecule has 5 nitrogen and oxygen atoms in total. The lowest BCUT2D eigenvalue weighted by Crippen LogP contribution is -2.37. The Labute approximate surface area is 130 Å². The molecule has 2 N–H and O–H groups in total. The van der Waals surface area contributed by atoms with Crippen molar-refractivity contribution in [2.45, 2.75) is 32.2 Å². The minimum absolute atomic E-state index is 0.0999. The van der Waals surface area contributed by atoms with E-state index in [1.807, 2.05) is 6.92 Å². The van der Waals surface area contributed by atoms with Gasteiger partial charge in [-0.25, -0.2) is 0 Å². The van der Waals surface area contributed by atoms with Gasteiger partial charge in [-0.15, -0.1) is 0 Å². The lowest BCUT2D eigenvalue weighted by atomic mass is 9.92. The zero-order chi connectivity index (χ0) is 14.8. The molecule has 1 aliphatic rings. The average molecular weight is 350 g/mol. The van der Waals surface area contributed by atoms with Crippen molar-refractivity contribution in [2.75, 3.05) is 0 Å². The summed E-state index contributed by atoms with van der Waals surface area (Å²) in [6, 6.07) is 3.76. The molecule has 110 valence electrons. The molecule has 0 fully saturated rings. The summed E-state index contributed by atoms with van der Waals surface area (Å²) in [7, 11) is 0. The van der Waals surface area contributed by atoms with E-state index < -0.39 is 0 Å². The van der Waals surface area contributed by atoms with Crippen molar-refractivity contribution >= 4 is 27.9 Å². The molecule has 1 unspecified atom stereocenters.